The minimum atomic E-state index is -2.67. The standard InChI is InChI=1S/C10H14ClO2PS2/c1-4-12-14(11,15)13-10-6-5-9(16-3)7-8(10)2/h5-7H,4H2,1-3H3. The first-order valence-electron chi connectivity index (χ1n) is 4.77. The molecule has 0 fully saturated rings. The summed E-state index contributed by atoms with van der Waals surface area (Å²) in [4.78, 5) is 1.18. The fourth-order valence-electron chi connectivity index (χ4n) is 1.15. The van der Waals surface area contributed by atoms with Crippen LogP contribution >= 0.6 is 28.8 Å². The molecule has 0 aromatic heterocycles. The lowest BCUT2D eigenvalue weighted by atomic mass is 10.2. The number of rotatable bonds is 5. The summed E-state index contributed by atoms with van der Waals surface area (Å²) in [5.74, 6) is -1.97. The van der Waals surface area contributed by atoms with Crippen molar-refractivity contribution in [3.63, 3.8) is 0 Å². The van der Waals surface area contributed by atoms with Gasteiger partial charge < -0.3 is 9.05 Å². The van der Waals surface area contributed by atoms with Gasteiger partial charge in [-0.15, -0.1) is 11.8 Å². The fraction of sp³-hybridized carbons (Fsp3) is 0.400. The predicted octanol–water partition coefficient (Wildman–Crippen LogP) is 4.60. The van der Waals surface area contributed by atoms with E-state index in [2.05, 4.69) is 0 Å². The van der Waals surface area contributed by atoms with Crippen LogP contribution < -0.4 is 4.52 Å². The van der Waals surface area contributed by atoms with E-state index < -0.39 is 5.84 Å². The van der Waals surface area contributed by atoms with E-state index in [1.165, 1.54) is 4.90 Å². The van der Waals surface area contributed by atoms with Crippen LogP contribution in [0.15, 0.2) is 23.1 Å². The quantitative estimate of drug-likeness (QED) is 0.584. The summed E-state index contributed by atoms with van der Waals surface area (Å²) < 4.78 is 10.7. The Bertz CT molecular complexity index is 412. The van der Waals surface area contributed by atoms with E-state index in [1.807, 2.05) is 38.3 Å². The predicted molar refractivity (Wildman–Crippen MR) is 75.4 cm³/mol. The molecule has 0 saturated carbocycles. The van der Waals surface area contributed by atoms with Crippen LogP contribution in [-0.4, -0.2) is 12.9 Å². The zero-order valence-corrected chi connectivity index (χ0v) is 12.7. The molecule has 0 amide bonds. The van der Waals surface area contributed by atoms with Gasteiger partial charge in [0.25, 0.3) is 0 Å². The molecule has 2 nitrogen and oxygen atoms in total. The first-order valence-corrected chi connectivity index (χ1v) is 9.53. The summed E-state index contributed by atoms with van der Waals surface area (Å²) in [5, 5.41) is 0. The second-order valence-corrected chi connectivity index (χ2v) is 8.63. The highest BCUT2D eigenvalue weighted by molar-refractivity contribution is 8.22. The maximum atomic E-state index is 5.99. The minimum Gasteiger partial charge on any atom is -0.433 e. The number of halogens is 1. The second-order valence-electron chi connectivity index (χ2n) is 3.07. The van der Waals surface area contributed by atoms with Gasteiger partial charge >= 0.3 is 5.84 Å². The Hall–Kier alpha value is 0.270. The normalized spacial score (nSPS) is 14.5. The van der Waals surface area contributed by atoms with Crippen LogP contribution in [0.2, 0.25) is 0 Å². The van der Waals surface area contributed by atoms with Crippen LogP contribution in [0.3, 0.4) is 0 Å². The molecule has 90 valence electrons. The highest BCUT2D eigenvalue weighted by Gasteiger charge is 2.17. The van der Waals surface area contributed by atoms with Gasteiger partial charge in [-0.1, -0.05) is 0 Å². The summed E-state index contributed by atoms with van der Waals surface area (Å²) in [5.41, 5.74) is 1.02. The molecule has 1 aromatic carbocycles. The number of aryl methyl sites for hydroxylation is 1. The second kappa shape index (κ2) is 6.27. The van der Waals surface area contributed by atoms with Gasteiger partial charge in [-0.3, -0.25) is 0 Å². The monoisotopic (exact) mass is 296 g/mol. The molecule has 0 N–H and O–H groups in total. The lowest BCUT2D eigenvalue weighted by molar-refractivity contribution is 0.343. The third-order valence-corrected chi connectivity index (χ3v) is 4.62. The van der Waals surface area contributed by atoms with Crippen molar-refractivity contribution in [3.05, 3.63) is 23.8 Å². The van der Waals surface area contributed by atoms with Gasteiger partial charge in [0.1, 0.15) is 5.75 Å². The first-order chi connectivity index (χ1) is 7.48. The van der Waals surface area contributed by atoms with Gasteiger partial charge in [0.05, 0.1) is 6.61 Å². The Balaban J connectivity index is 2.86. The average molecular weight is 297 g/mol. The molecule has 1 rings (SSSR count). The van der Waals surface area contributed by atoms with E-state index >= 15 is 0 Å². The smallest absolute Gasteiger partial charge is 0.332 e. The van der Waals surface area contributed by atoms with E-state index in [9.17, 15) is 0 Å². The first kappa shape index (κ1) is 14.3. The SMILES string of the molecule is CCOP(=S)(Cl)Oc1ccc(SC)cc1C. The van der Waals surface area contributed by atoms with Crippen molar-refractivity contribution >= 4 is 40.7 Å². The van der Waals surface area contributed by atoms with Crippen molar-refractivity contribution < 1.29 is 9.05 Å². The van der Waals surface area contributed by atoms with Crippen LogP contribution in [0.25, 0.3) is 0 Å². The molecule has 0 aliphatic carbocycles. The third kappa shape index (κ3) is 4.27. The van der Waals surface area contributed by atoms with Crippen LogP contribution in [0.1, 0.15) is 12.5 Å². The Kier molecular flexibility index (Phi) is 5.62. The van der Waals surface area contributed by atoms with Crippen molar-refractivity contribution in [2.45, 2.75) is 18.7 Å². The van der Waals surface area contributed by atoms with E-state index in [0.29, 0.717) is 12.4 Å². The molecule has 6 heteroatoms. The summed E-state index contributed by atoms with van der Waals surface area (Å²) in [6.45, 7) is 4.27. The number of hydrogen-bond acceptors (Lipinski definition) is 4. The summed E-state index contributed by atoms with van der Waals surface area (Å²) >= 11 is 12.7. The highest BCUT2D eigenvalue weighted by Crippen LogP contribution is 2.54. The fourth-order valence-corrected chi connectivity index (χ4v) is 3.52. The van der Waals surface area contributed by atoms with Gasteiger partial charge in [-0.2, -0.15) is 0 Å². The van der Waals surface area contributed by atoms with E-state index in [0.717, 1.165) is 5.56 Å². The Morgan fingerprint density at radius 1 is 1.50 bits per heavy atom. The van der Waals surface area contributed by atoms with E-state index in [4.69, 9.17) is 32.1 Å². The largest absolute Gasteiger partial charge is 0.433 e. The lowest BCUT2D eigenvalue weighted by Crippen LogP contribution is -1.94. The van der Waals surface area contributed by atoms with E-state index in [-0.39, 0.29) is 0 Å². The molecule has 16 heavy (non-hydrogen) atoms. The van der Waals surface area contributed by atoms with Crippen molar-refractivity contribution in [2.24, 2.45) is 0 Å². The summed E-state index contributed by atoms with van der Waals surface area (Å²) in [6.07, 6.45) is 2.03. The van der Waals surface area contributed by atoms with Gasteiger partial charge in [0, 0.05) is 4.90 Å². The van der Waals surface area contributed by atoms with E-state index in [1.54, 1.807) is 11.8 Å². The molecule has 0 spiro atoms. The minimum absolute atomic E-state index is 0.461. The summed E-state index contributed by atoms with van der Waals surface area (Å²) in [7, 11) is 0. The molecule has 1 atom stereocenters. The Morgan fingerprint density at radius 2 is 2.19 bits per heavy atom. The zero-order valence-electron chi connectivity index (χ0n) is 9.40. The number of benzene rings is 1. The van der Waals surface area contributed by atoms with Gasteiger partial charge in [0.2, 0.25) is 0 Å². The molecule has 0 saturated heterocycles. The molecule has 0 heterocycles. The van der Waals surface area contributed by atoms with Crippen LogP contribution in [0.5, 0.6) is 5.75 Å². The van der Waals surface area contributed by atoms with Crippen LogP contribution in [-0.2, 0) is 16.3 Å². The van der Waals surface area contributed by atoms with Crippen molar-refractivity contribution in [1.29, 1.82) is 0 Å². The summed E-state index contributed by atoms with van der Waals surface area (Å²) in [6, 6.07) is 5.90. The van der Waals surface area contributed by atoms with Gasteiger partial charge in [-0.05, 0) is 66.9 Å². The third-order valence-electron chi connectivity index (χ3n) is 1.87. The molecule has 1 aromatic rings. The molecule has 0 aliphatic heterocycles. The van der Waals surface area contributed by atoms with Crippen molar-refractivity contribution in [1.82, 2.24) is 0 Å². The highest BCUT2D eigenvalue weighted by atomic mass is 35.7. The molecule has 0 radical (unpaired) electrons. The molecule has 0 aliphatic rings. The van der Waals surface area contributed by atoms with Crippen LogP contribution in [0.4, 0.5) is 0 Å². The maximum Gasteiger partial charge on any atom is 0.332 e. The topological polar surface area (TPSA) is 18.5 Å². The maximum absolute atomic E-state index is 5.99. The molecular formula is C10H14ClO2PS2. The molecular weight excluding hydrogens is 283 g/mol. The Morgan fingerprint density at radius 3 is 2.69 bits per heavy atom. The number of hydrogen-bond donors (Lipinski definition) is 0. The molecule has 1 unspecified atom stereocenters. The van der Waals surface area contributed by atoms with Crippen molar-refractivity contribution in [3.8, 4) is 5.75 Å². The number of thioether (sulfide) groups is 1. The van der Waals surface area contributed by atoms with Crippen molar-refractivity contribution in [2.75, 3.05) is 12.9 Å². The van der Waals surface area contributed by atoms with Gasteiger partial charge in [0.15, 0.2) is 0 Å². The lowest BCUT2D eigenvalue weighted by Gasteiger charge is -2.17. The zero-order chi connectivity index (χ0) is 12.2. The van der Waals surface area contributed by atoms with Gasteiger partial charge in [-0.25, -0.2) is 0 Å². The molecule has 0 bridgehead atoms. The van der Waals surface area contributed by atoms with Crippen LogP contribution in [0, 0.1) is 6.92 Å². The average Bonchev–Trinajstić information content (AvgIpc) is 2.20. The Labute approximate surface area is 111 Å².